The summed E-state index contributed by atoms with van der Waals surface area (Å²) >= 11 is 1.20. The lowest BCUT2D eigenvalue weighted by Crippen LogP contribution is -2.29. The average molecular weight is 452 g/mol. The summed E-state index contributed by atoms with van der Waals surface area (Å²) in [5.41, 5.74) is 1.01. The summed E-state index contributed by atoms with van der Waals surface area (Å²) in [6, 6.07) is 12.8. The zero-order chi connectivity index (χ0) is 22.8. The quantitative estimate of drug-likeness (QED) is 0.345. The summed E-state index contributed by atoms with van der Waals surface area (Å²) in [6.45, 7) is 4.15. The second-order valence-corrected chi connectivity index (χ2v) is 8.16. The molecule has 1 saturated heterocycles. The maximum atomic E-state index is 13.1. The first-order chi connectivity index (χ1) is 15.4. The van der Waals surface area contributed by atoms with Crippen LogP contribution in [0.15, 0.2) is 54.1 Å². The van der Waals surface area contributed by atoms with Crippen LogP contribution in [0.25, 0.3) is 5.76 Å². The van der Waals surface area contributed by atoms with Crippen molar-refractivity contribution in [2.24, 2.45) is 0 Å². The molecule has 9 heteroatoms. The number of hydrogen-bond donors (Lipinski definition) is 1. The topological polar surface area (TPSA) is 102 Å². The Labute approximate surface area is 188 Å². The molecule has 4 rings (SSSR count). The number of ether oxygens (including phenoxy) is 2. The first kappa shape index (κ1) is 21.5. The number of aliphatic hydroxyl groups is 1. The van der Waals surface area contributed by atoms with E-state index in [2.05, 4.69) is 10.2 Å². The maximum absolute atomic E-state index is 13.1. The summed E-state index contributed by atoms with van der Waals surface area (Å²) in [5.74, 6) is -0.556. The molecule has 1 aliphatic rings. The number of aliphatic hydroxyl groups excluding tert-OH is 1. The van der Waals surface area contributed by atoms with Gasteiger partial charge in [0.15, 0.2) is 0 Å². The number of carbonyl (C=O) groups is 2. The number of methoxy groups -OCH3 is 1. The van der Waals surface area contributed by atoms with E-state index < -0.39 is 17.7 Å². The van der Waals surface area contributed by atoms with Gasteiger partial charge in [0.05, 0.1) is 25.3 Å². The normalized spacial score (nSPS) is 17.6. The Bertz CT molecular complexity index is 1190. The van der Waals surface area contributed by atoms with Crippen LogP contribution in [0.2, 0.25) is 0 Å². The molecule has 1 N–H and O–H groups in total. The molecule has 1 aliphatic heterocycles. The molecule has 0 saturated carbocycles. The lowest BCUT2D eigenvalue weighted by Gasteiger charge is -2.22. The number of aryl methyl sites for hydroxylation is 1. The maximum Gasteiger partial charge on any atom is 0.301 e. The number of aromatic nitrogens is 2. The van der Waals surface area contributed by atoms with Crippen LogP contribution in [-0.2, 0) is 9.59 Å². The SMILES string of the molecule is CCOc1ccc(/C(O)=C2\C(=O)C(=O)N(c3nnc(C)s3)C2c2ccc(OC)cc2)cc1. The van der Waals surface area contributed by atoms with Crippen LogP contribution < -0.4 is 14.4 Å². The highest BCUT2D eigenvalue weighted by Gasteiger charge is 2.48. The summed E-state index contributed by atoms with van der Waals surface area (Å²) in [5, 5.41) is 20.1. The zero-order valence-electron chi connectivity index (χ0n) is 17.7. The highest BCUT2D eigenvalue weighted by Crippen LogP contribution is 2.43. The van der Waals surface area contributed by atoms with Gasteiger partial charge >= 0.3 is 5.91 Å². The van der Waals surface area contributed by atoms with Gasteiger partial charge in [-0.05, 0) is 55.8 Å². The summed E-state index contributed by atoms with van der Waals surface area (Å²) in [7, 11) is 1.55. The Kier molecular flexibility index (Phi) is 5.91. The lowest BCUT2D eigenvalue weighted by molar-refractivity contribution is -0.132. The smallest absolute Gasteiger partial charge is 0.301 e. The first-order valence-electron chi connectivity index (χ1n) is 9.93. The van der Waals surface area contributed by atoms with Crippen LogP contribution in [0, 0.1) is 6.92 Å². The average Bonchev–Trinajstić information content (AvgIpc) is 3.34. The van der Waals surface area contributed by atoms with Crippen molar-refractivity contribution in [2.45, 2.75) is 19.9 Å². The molecule has 0 radical (unpaired) electrons. The van der Waals surface area contributed by atoms with Gasteiger partial charge < -0.3 is 14.6 Å². The third-order valence-corrected chi connectivity index (χ3v) is 5.87. The number of amides is 1. The van der Waals surface area contributed by atoms with Gasteiger partial charge in [-0.1, -0.05) is 23.5 Å². The second kappa shape index (κ2) is 8.80. The third-order valence-electron chi connectivity index (χ3n) is 5.04. The van der Waals surface area contributed by atoms with Crippen molar-refractivity contribution in [3.8, 4) is 11.5 Å². The molecule has 1 fully saturated rings. The fourth-order valence-corrected chi connectivity index (χ4v) is 4.26. The predicted molar refractivity (Wildman–Crippen MR) is 120 cm³/mol. The van der Waals surface area contributed by atoms with E-state index in [1.165, 1.54) is 16.2 Å². The molecule has 0 bridgehead atoms. The molecular formula is C23H21N3O5S. The first-order valence-corrected chi connectivity index (χ1v) is 10.7. The van der Waals surface area contributed by atoms with Crippen molar-refractivity contribution in [3.05, 3.63) is 70.2 Å². The molecule has 1 amide bonds. The van der Waals surface area contributed by atoms with Crippen molar-refractivity contribution in [1.82, 2.24) is 10.2 Å². The molecule has 32 heavy (non-hydrogen) atoms. The van der Waals surface area contributed by atoms with Crippen LogP contribution >= 0.6 is 11.3 Å². The minimum absolute atomic E-state index is 0.0165. The van der Waals surface area contributed by atoms with Crippen molar-refractivity contribution in [1.29, 1.82) is 0 Å². The Hall–Kier alpha value is -3.72. The Morgan fingerprint density at radius 3 is 2.28 bits per heavy atom. The van der Waals surface area contributed by atoms with Crippen molar-refractivity contribution < 1.29 is 24.2 Å². The van der Waals surface area contributed by atoms with E-state index in [0.717, 1.165) is 0 Å². The molecule has 1 unspecified atom stereocenters. The van der Waals surface area contributed by atoms with Gasteiger partial charge in [0.1, 0.15) is 22.3 Å². The van der Waals surface area contributed by atoms with E-state index in [-0.39, 0.29) is 16.5 Å². The fraction of sp³-hybridized carbons (Fsp3) is 0.217. The van der Waals surface area contributed by atoms with Gasteiger partial charge in [0.2, 0.25) is 5.13 Å². The number of carbonyl (C=O) groups excluding carboxylic acids is 2. The van der Waals surface area contributed by atoms with Gasteiger partial charge in [0.25, 0.3) is 5.78 Å². The molecule has 0 spiro atoms. The number of hydrogen-bond acceptors (Lipinski definition) is 8. The highest BCUT2D eigenvalue weighted by molar-refractivity contribution is 7.15. The van der Waals surface area contributed by atoms with E-state index >= 15 is 0 Å². The van der Waals surface area contributed by atoms with Gasteiger partial charge in [-0.3, -0.25) is 14.5 Å². The number of ketones is 1. The Morgan fingerprint density at radius 2 is 1.72 bits per heavy atom. The summed E-state index contributed by atoms with van der Waals surface area (Å²) in [6.07, 6.45) is 0. The van der Waals surface area contributed by atoms with Crippen LogP contribution in [0.1, 0.15) is 29.1 Å². The molecule has 2 heterocycles. The Morgan fingerprint density at radius 1 is 1.06 bits per heavy atom. The minimum atomic E-state index is -0.861. The Balaban J connectivity index is 1.86. The molecule has 164 valence electrons. The fourth-order valence-electron chi connectivity index (χ4n) is 3.55. The molecule has 0 aliphatic carbocycles. The van der Waals surface area contributed by atoms with Crippen LogP contribution in [0.4, 0.5) is 5.13 Å². The molecule has 1 atom stereocenters. The molecule has 8 nitrogen and oxygen atoms in total. The lowest BCUT2D eigenvalue weighted by atomic mass is 9.95. The third kappa shape index (κ3) is 3.82. The minimum Gasteiger partial charge on any atom is -0.507 e. The molecule has 3 aromatic rings. The summed E-state index contributed by atoms with van der Waals surface area (Å²) < 4.78 is 10.7. The van der Waals surface area contributed by atoms with Gasteiger partial charge in [-0.2, -0.15) is 0 Å². The molecular weight excluding hydrogens is 430 g/mol. The van der Waals surface area contributed by atoms with E-state index in [9.17, 15) is 14.7 Å². The number of rotatable bonds is 6. The summed E-state index contributed by atoms with van der Waals surface area (Å²) in [4.78, 5) is 27.4. The van der Waals surface area contributed by atoms with Gasteiger partial charge in [0, 0.05) is 5.56 Å². The van der Waals surface area contributed by atoms with Crippen LogP contribution in [0.5, 0.6) is 11.5 Å². The van der Waals surface area contributed by atoms with Crippen LogP contribution in [0.3, 0.4) is 0 Å². The highest BCUT2D eigenvalue weighted by atomic mass is 32.1. The predicted octanol–water partition coefficient (Wildman–Crippen LogP) is 3.88. The number of anilines is 1. The van der Waals surface area contributed by atoms with Crippen molar-refractivity contribution in [3.63, 3.8) is 0 Å². The van der Waals surface area contributed by atoms with Crippen LogP contribution in [-0.4, -0.2) is 40.7 Å². The van der Waals surface area contributed by atoms with Gasteiger partial charge in [-0.15, -0.1) is 10.2 Å². The molecule has 2 aromatic carbocycles. The van der Waals surface area contributed by atoms with Crippen molar-refractivity contribution >= 4 is 33.9 Å². The van der Waals surface area contributed by atoms with Crippen molar-refractivity contribution in [2.75, 3.05) is 18.6 Å². The van der Waals surface area contributed by atoms with E-state index in [0.29, 0.717) is 34.2 Å². The van der Waals surface area contributed by atoms with E-state index in [1.807, 2.05) is 6.92 Å². The van der Waals surface area contributed by atoms with Gasteiger partial charge in [-0.25, -0.2) is 0 Å². The molecule has 1 aromatic heterocycles. The monoisotopic (exact) mass is 451 g/mol. The van der Waals surface area contributed by atoms with E-state index in [1.54, 1.807) is 62.6 Å². The zero-order valence-corrected chi connectivity index (χ0v) is 18.5. The second-order valence-electron chi connectivity index (χ2n) is 7.00. The number of benzene rings is 2. The van der Waals surface area contributed by atoms with E-state index in [4.69, 9.17) is 9.47 Å². The standard InChI is InChI=1S/C23H21N3O5S/c1-4-31-17-11-7-15(8-12-17)20(27)18-19(14-5-9-16(30-3)10-6-14)26(22(29)21(18)28)23-25-24-13(2)32-23/h5-12,19,27H,4H2,1-3H3/b20-18+. The number of Topliss-reactive ketones (excluding diaryl/α,β-unsaturated/α-hetero) is 1. The largest absolute Gasteiger partial charge is 0.507 e. The number of nitrogens with zero attached hydrogens (tertiary/aromatic N) is 3.